The maximum absolute atomic E-state index is 11.7. The fourth-order valence-corrected chi connectivity index (χ4v) is 1.58. The summed E-state index contributed by atoms with van der Waals surface area (Å²) in [5.74, 6) is -1.34. The van der Waals surface area contributed by atoms with Crippen LogP contribution < -0.4 is 10.3 Å². The Labute approximate surface area is 108 Å². The summed E-state index contributed by atoms with van der Waals surface area (Å²) in [4.78, 5) is 28.9. The summed E-state index contributed by atoms with van der Waals surface area (Å²) < 4.78 is 5.28. The molecule has 0 radical (unpaired) electrons. The number of carboxylic acid groups (broad SMARTS) is 1. The summed E-state index contributed by atoms with van der Waals surface area (Å²) in [7, 11) is 0. The van der Waals surface area contributed by atoms with Crippen LogP contribution in [0.3, 0.4) is 0 Å². The van der Waals surface area contributed by atoms with Gasteiger partial charge in [0.05, 0.1) is 0 Å². The van der Waals surface area contributed by atoms with E-state index in [1.807, 2.05) is 30.3 Å². The molecule has 1 aromatic heterocycles. The molecule has 2 rings (SSSR count). The topological polar surface area (TPSA) is 92.3 Å². The number of nitrogens with zero attached hydrogens (tertiary/aromatic N) is 1. The van der Waals surface area contributed by atoms with Crippen molar-refractivity contribution < 1.29 is 14.6 Å². The molecular formula is C13H12N2O4. The molecule has 0 amide bonds. The van der Waals surface area contributed by atoms with Crippen LogP contribution in [0, 0.1) is 6.92 Å². The van der Waals surface area contributed by atoms with Gasteiger partial charge in [-0.15, -0.1) is 0 Å². The number of aromatic carboxylic acids is 1. The second-order valence-corrected chi connectivity index (χ2v) is 3.91. The van der Waals surface area contributed by atoms with Crippen LogP contribution in [0.15, 0.2) is 35.1 Å². The van der Waals surface area contributed by atoms with Gasteiger partial charge in [0.1, 0.15) is 12.4 Å². The lowest BCUT2D eigenvalue weighted by molar-refractivity contribution is 0.0683. The van der Waals surface area contributed by atoms with Gasteiger partial charge in [-0.3, -0.25) is 4.79 Å². The van der Waals surface area contributed by atoms with Crippen LogP contribution in [0.25, 0.3) is 0 Å². The number of carboxylic acids is 1. The van der Waals surface area contributed by atoms with Crippen molar-refractivity contribution in [1.82, 2.24) is 9.97 Å². The van der Waals surface area contributed by atoms with Crippen molar-refractivity contribution in [3.8, 4) is 5.75 Å². The average molecular weight is 260 g/mol. The molecule has 2 aromatic rings. The number of nitrogens with one attached hydrogen (secondary N) is 1. The van der Waals surface area contributed by atoms with Gasteiger partial charge < -0.3 is 14.8 Å². The van der Waals surface area contributed by atoms with Crippen LogP contribution in [0.1, 0.15) is 21.9 Å². The number of hydrogen-bond donors (Lipinski definition) is 2. The number of aromatic amines is 1. The van der Waals surface area contributed by atoms with Gasteiger partial charge in [-0.1, -0.05) is 30.3 Å². The highest BCUT2D eigenvalue weighted by Crippen LogP contribution is 2.12. The molecule has 0 aliphatic rings. The normalized spacial score (nSPS) is 10.2. The maximum Gasteiger partial charge on any atom is 0.358 e. The summed E-state index contributed by atoms with van der Waals surface area (Å²) in [5.41, 5.74) is -0.142. The summed E-state index contributed by atoms with van der Waals surface area (Å²) in [6.07, 6.45) is 0. The van der Waals surface area contributed by atoms with Gasteiger partial charge in [-0.2, -0.15) is 0 Å². The highest BCUT2D eigenvalue weighted by molar-refractivity contribution is 5.88. The van der Waals surface area contributed by atoms with Crippen LogP contribution in [0.5, 0.6) is 5.75 Å². The number of aromatic nitrogens is 2. The molecule has 0 fully saturated rings. The molecule has 0 atom stereocenters. The van der Waals surface area contributed by atoms with Crippen molar-refractivity contribution in [2.75, 3.05) is 0 Å². The molecule has 6 heteroatoms. The van der Waals surface area contributed by atoms with E-state index in [2.05, 4.69) is 9.97 Å². The second kappa shape index (κ2) is 5.34. The molecule has 0 aliphatic carbocycles. The van der Waals surface area contributed by atoms with E-state index in [9.17, 15) is 9.59 Å². The quantitative estimate of drug-likeness (QED) is 0.865. The Morgan fingerprint density at radius 1 is 1.37 bits per heavy atom. The third-order valence-electron chi connectivity index (χ3n) is 2.42. The van der Waals surface area contributed by atoms with Crippen molar-refractivity contribution >= 4 is 5.97 Å². The predicted molar refractivity (Wildman–Crippen MR) is 67.3 cm³/mol. The monoisotopic (exact) mass is 260 g/mol. The fraction of sp³-hybridized carbons (Fsp3) is 0.154. The molecule has 98 valence electrons. The van der Waals surface area contributed by atoms with E-state index in [4.69, 9.17) is 9.84 Å². The zero-order valence-corrected chi connectivity index (χ0v) is 10.2. The van der Waals surface area contributed by atoms with E-state index in [-0.39, 0.29) is 23.9 Å². The Hall–Kier alpha value is -2.63. The number of ether oxygens (including phenoxy) is 1. The number of benzene rings is 1. The first kappa shape index (κ1) is 12.8. The van der Waals surface area contributed by atoms with Crippen LogP contribution in [0.4, 0.5) is 0 Å². The zero-order valence-electron chi connectivity index (χ0n) is 10.2. The van der Waals surface area contributed by atoms with Gasteiger partial charge in [-0.05, 0) is 12.5 Å². The summed E-state index contributed by atoms with van der Waals surface area (Å²) >= 11 is 0. The van der Waals surface area contributed by atoms with E-state index < -0.39 is 11.5 Å². The Balaban J connectivity index is 2.30. The maximum atomic E-state index is 11.7. The van der Waals surface area contributed by atoms with E-state index >= 15 is 0 Å². The molecule has 0 aliphatic heterocycles. The molecule has 0 unspecified atom stereocenters. The SMILES string of the molecule is Cc1nc(C(=O)O)c(OCc2ccccc2)c(=O)[nH]1. The van der Waals surface area contributed by atoms with Crippen LogP contribution in [0.2, 0.25) is 0 Å². The number of H-pyrrole nitrogens is 1. The van der Waals surface area contributed by atoms with Gasteiger partial charge in [0, 0.05) is 0 Å². The van der Waals surface area contributed by atoms with Gasteiger partial charge in [-0.25, -0.2) is 9.78 Å². The number of aryl methyl sites for hydroxylation is 1. The molecular weight excluding hydrogens is 248 g/mol. The van der Waals surface area contributed by atoms with E-state index in [0.717, 1.165) is 5.56 Å². The fourth-order valence-electron chi connectivity index (χ4n) is 1.58. The van der Waals surface area contributed by atoms with Gasteiger partial charge >= 0.3 is 5.97 Å². The molecule has 0 saturated heterocycles. The Kier molecular flexibility index (Phi) is 3.61. The predicted octanol–water partition coefficient (Wildman–Crippen LogP) is 1.36. The highest BCUT2D eigenvalue weighted by atomic mass is 16.5. The third-order valence-corrected chi connectivity index (χ3v) is 2.42. The highest BCUT2D eigenvalue weighted by Gasteiger charge is 2.18. The number of carbonyl (C=O) groups is 1. The molecule has 1 heterocycles. The Bertz CT molecular complexity index is 649. The minimum atomic E-state index is -1.29. The first-order valence-corrected chi connectivity index (χ1v) is 5.59. The largest absolute Gasteiger partial charge is 0.481 e. The minimum absolute atomic E-state index is 0.106. The van der Waals surface area contributed by atoms with Crippen molar-refractivity contribution in [2.45, 2.75) is 13.5 Å². The van der Waals surface area contributed by atoms with Gasteiger partial charge in [0.25, 0.3) is 5.56 Å². The van der Waals surface area contributed by atoms with Crippen LogP contribution in [-0.2, 0) is 6.61 Å². The van der Waals surface area contributed by atoms with Crippen molar-refractivity contribution in [2.24, 2.45) is 0 Å². The average Bonchev–Trinajstić information content (AvgIpc) is 2.38. The van der Waals surface area contributed by atoms with Gasteiger partial charge in [0.2, 0.25) is 5.75 Å². The minimum Gasteiger partial charge on any atom is -0.481 e. The molecule has 2 N–H and O–H groups in total. The van der Waals surface area contributed by atoms with Crippen LogP contribution in [-0.4, -0.2) is 21.0 Å². The van der Waals surface area contributed by atoms with Crippen molar-refractivity contribution in [1.29, 1.82) is 0 Å². The Morgan fingerprint density at radius 3 is 2.68 bits per heavy atom. The lowest BCUT2D eigenvalue weighted by Crippen LogP contribution is -2.19. The van der Waals surface area contributed by atoms with Gasteiger partial charge in [0.15, 0.2) is 5.69 Å². The summed E-state index contributed by atoms with van der Waals surface area (Å²) in [6.45, 7) is 1.61. The lowest BCUT2D eigenvalue weighted by atomic mass is 10.2. The first-order chi connectivity index (χ1) is 9.08. The second-order valence-electron chi connectivity index (χ2n) is 3.91. The zero-order chi connectivity index (χ0) is 13.8. The lowest BCUT2D eigenvalue weighted by Gasteiger charge is -2.08. The molecule has 6 nitrogen and oxygen atoms in total. The van der Waals surface area contributed by atoms with E-state index in [0.29, 0.717) is 0 Å². The summed E-state index contributed by atoms with van der Waals surface area (Å²) in [5, 5.41) is 9.02. The molecule has 19 heavy (non-hydrogen) atoms. The van der Waals surface area contributed by atoms with Crippen LogP contribution >= 0.6 is 0 Å². The number of rotatable bonds is 4. The van der Waals surface area contributed by atoms with Crippen molar-refractivity contribution in [3.63, 3.8) is 0 Å². The molecule has 0 bridgehead atoms. The number of hydrogen-bond acceptors (Lipinski definition) is 4. The summed E-state index contributed by atoms with van der Waals surface area (Å²) in [6, 6.07) is 9.14. The molecule has 0 spiro atoms. The van der Waals surface area contributed by atoms with E-state index in [1.165, 1.54) is 6.92 Å². The van der Waals surface area contributed by atoms with E-state index in [1.54, 1.807) is 0 Å². The molecule has 1 aromatic carbocycles. The standard InChI is InChI=1S/C13H12N2O4/c1-8-14-10(13(17)18)11(12(16)15-8)19-7-9-5-3-2-4-6-9/h2-6H,7H2,1H3,(H,17,18)(H,14,15,16). The smallest absolute Gasteiger partial charge is 0.358 e. The third kappa shape index (κ3) is 2.98. The Morgan fingerprint density at radius 2 is 2.05 bits per heavy atom. The van der Waals surface area contributed by atoms with Crippen molar-refractivity contribution in [3.05, 3.63) is 57.8 Å². The first-order valence-electron chi connectivity index (χ1n) is 5.59. The molecule has 0 saturated carbocycles.